The smallest absolute Gasteiger partial charge is 0.328 e. The first kappa shape index (κ1) is 21.5. The SMILES string of the molecule is CC(CSc1ccc(Cl)cc1)NCCO.O=C(O)C=CC(=O)O. The highest BCUT2D eigenvalue weighted by atomic mass is 35.5. The van der Waals surface area contributed by atoms with Crippen molar-refractivity contribution in [2.24, 2.45) is 0 Å². The van der Waals surface area contributed by atoms with Crippen LogP contribution >= 0.6 is 23.4 Å². The Hall–Kier alpha value is -1.54. The zero-order valence-electron chi connectivity index (χ0n) is 12.6. The summed E-state index contributed by atoms with van der Waals surface area (Å²) < 4.78 is 0. The molecule has 1 rings (SSSR count). The lowest BCUT2D eigenvalue weighted by atomic mass is 10.4. The van der Waals surface area contributed by atoms with Crippen LogP contribution in [-0.4, -0.2) is 52.2 Å². The fraction of sp³-hybridized carbons (Fsp3) is 0.333. The minimum atomic E-state index is -1.26. The summed E-state index contributed by atoms with van der Waals surface area (Å²) in [5.41, 5.74) is 0. The van der Waals surface area contributed by atoms with Crippen molar-refractivity contribution < 1.29 is 24.9 Å². The second kappa shape index (κ2) is 13.0. The van der Waals surface area contributed by atoms with Crippen LogP contribution in [0.5, 0.6) is 0 Å². The molecule has 0 bridgehead atoms. The zero-order chi connectivity index (χ0) is 17.7. The Bertz CT molecular complexity index is 491. The number of hydrogen-bond donors (Lipinski definition) is 4. The van der Waals surface area contributed by atoms with Gasteiger partial charge in [-0.2, -0.15) is 0 Å². The summed E-state index contributed by atoms with van der Waals surface area (Å²) in [6.07, 6.45) is 1.12. The van der Waals surface area contributed by atoms with Crippen LogP contribution in [0.1, 0.15) is 6.92 Å². The molecule has 1 atom stereocenters. The lowest BCUT2D eigenvalue weighted by Crippen LogP contribution is -2.30. The molecular formula is C15H20ClNO5S. The average Bonchev–Trinajstić information content (AvgIpc) is 2.51. The van der Waals surface area contributed by atoms with E-state index in [0.29, 0.717) is 24.7 Å². The van der Waals surface area contributed by atoms with Crippen LogP contribution in [-0.2, 0) is 9.59 Å². The molecular weight excluding hydrogens is 342 g/mol. The molecule has 0 aliphatic heterocycles. The number of thioether (sulfide) groups is 1. The van der Waals surface area contributed by atoms with Crippen molar-refractivity contribution in [3.63, 3.8) is 0 Å². The van der Waals surface area contributed by atoms with Gasteiger partial charge >= 0.3 is 11.9 Å². The van der Waals surface area contributed by atoms with Crippen molar-refractivity contribution in [2.75, 3.05) is 18.9 Å². The first-order valence-corrected chi connectivity index (χ1v) is 8.08. The highest BCUT2D eigenvalue weighted by Crippen LogP contribution is 2.20. The molecule has 0 radical (unpaired) electrons. The zero-order valence-corrected chi connectivity index (χ0v) is 14.2. The Morgan fingerprint density at radius 3 is 2.17 bits per heavy atom. The monoisotopic (exact) mass is 361 g/mol. The van der Waals surface area contributed by atoms with Crippen LogP contribution in [0.2, 0.25) is 5.02 Å². The first-order valence-electron chi connectivity index (χ1n) is 6.71. The highest BCUT2D eigenvalue weighted by Gasteiger charge is 2.01. The average molecular weight is 362 g/mol. The molecule has 0 aliphatic carbocycles. The molecule has 0 fully saturated rings. The molecule has 1 unspecified atom stereocenters. The molecule has 4 N–H and O–H groups in total. The van der Waals surface area contributed by atoms with Gasteiger partial charge in [0.1, 0.15) is 0 Å². The van der Waals surface area contributed by atoms with Crippen molar-refractivity contribution >= 4 is 35.3 Å². The third-order valence-corrected chi connectivity index (χ3v) is 3.81. The van der Waals surface area contributed by atoms with E-state index in [1.807, 2.05) is 24.3 Å². The minimum absolute atomic E-state index is 0.190. The molecule has 0 aromatic heterocycles. The van der Waals surface area contributed by atoms with Crippen LogP contribution in [0, 0.1) is 0 Å². The quantitative estimate of drug-likeness (QED) is 0.415. The summed E-state index contributed by atoms with van der Waals surface area (Å²) in [5.74, 6) is -1.53. The summed E-state index contributed by atoms with van der Waals surface area (Å²) >= 11 is 7.58. The number of carboxylic acid groups (broad SMARTS) is 2. The number of aliphatic hydroxyl groups is 1. The third kappa shape index (κ3) is 13.8. The van der Waals surface area contributed by atoms with Crippen LogP contribution < -0.4 is 5.32 Å². The van der Waals surface area contributed by atoms with Gasteiger partial charge in [-0.05, 0) is 31.2 Å². The molecule has 128 valence electrons. The molecule has 0 saturated carbocycles. The second-order valence-corrected chi connectivity index (χ2v) is 5.88. The van der Waals surface area contributed by atoms with E-state index in [0.717, 1.165) is 10.8 Å². The highest BCUT2D eigenvalue weighted by molar-refractivity contribution is 7.99. The number of nitrogens with one attached hydrogen (secondary N) is 1. The maximum Gasteiger partial charge on any atom is 0.328 e. The summed E-state index contributed by atoms with van der Waals surface area (Å²) in [4.78, 5) is 20.3. The predicted molar refractivity (Wildman–Crippen MR) is 91.1 cm³/mol. The number of aliphatic hydroxyl groups excluding tert-OH is 1. The van der Waals surface area contributed by atoms with Gasteiger partial charge in [0.25, 0.3) is 0 Å². The van der Waals surface area contributed by atoms with Crippen molar-refractivity contribution in [3.05, 3.63) is 41.4 Å². The Morgan fingerprint density at radius 1 is 1.22 bits per heavy atom. The fourth-order valence-corrected chi connectivity index (χ4v) is 2.28. The number of carboxylic acids is 2. The molecule has 0 spiro atoms. The number of rotatable bonds is 8. The van der Waals surface area contributed by atoms with E-state index in [4.69, 9.17) is 26.9 Å². The van der Waals surface area contributed by atoms with E-state index in [9.17, 15) is 9.59 Å². The standard InChI is InChI=1S/C11H16ClNOS.C4H4O4/c1-9(13-6-7-14)8-15-11-4-2-10(12)3-5-11;5-3(6)1-2-4(7)8/h2-5,9,13-14H,6-8H2,1H3;1-2H,(H,5,6)(H,7,8). The maximum atomic E-state index is 9.55. The van der Waals surface area contributed by atoms with Crippen LogP contribution in [0.4, 0.5) is 0 Å². The van der Waals surface area contributed by atoms with Crippen molar-refractivity contribution in [3.8, 4) is 0 Å². The predicted octanol–water partition coefficient (Wildman–Crippen LogP) is 2.11. The normalized spacial score (nSPS) is 11.6. The Labute approximate surface area is 144 Å². The molecule has 8 heteroatoms. The van der Waals surface area contributed by atoms with Gasteiger partial charge in [0.2, 0.25) is 0 Å². The van der Waals surface area contributed by atoms with E-state index in [2.05, 4.69) is 12.2 Å². The largest absolute Gasteiger partial charge is 0.478 e. The van der Waals surface area contributed by atoms with Crippen molar-refractivity contribution in [1.82, 2.24) is 5.32 Å². The molecule has 0 aliphatic rings. The minimum Gasteiger partial charge on any atom is -0.478 e. The molecule has 0 heterocycles. The summed E-state index contributed by atoms with van der Waals surface area (Å²) in [5, 5.41) is 28.3. The van der Waals surface area contributed by atoms with Crippen LogP contribution in [0.25, 0.3) is 0 Å². The van der Waals surface area contributed by atoms with E-state index in [-0.39, 0.29) is 6.61 Å². The fourth-order valence-electron chi connectivity index (χ4n) is 1.26. The number of aliphatic carboxylic acids is 2. The lowest BCUT2D eigenvalue weighted by molar-refractivity contribution is -0.134. The van der Waals surface area contributed by atoms with Gasteiger partial charge < -0.3 is 20.6 Å². The van der Waals surface area contributed by atoms with Gasteiger partial charge in [-0.25, -0.2) is 9.59 Å². The molecule has 1 aromatic rings. The summed E-state index contributed by atoms with van der Waals surface area (Å²) in [7, 11) is 0. The summed E-state index contributed by atoms with van der Waals surface area (Å²) in [6, 6.07) is 8.24. The van der Waals surface area contributed by atoms with Gasteiger partial charge in [0.15, 0.2) is 0 Å². The molecule has 23 heavy (non-hydrogen) atoms. The molecule has 0 amide bonds. The van der Waals surface area contributed by atoms with Crippen molar-refractivity contribution in [1.29, 1.82) is 0 Å². The Kier molecular flexibility index (Phi) is 12.1. The van der Waals surface area contributed by atoms with Crippen LogP contribution in [0.3, 0.4) is 0 Å². The third-order valence-electron chi connectivity index (χ3n) is 2.29. The second-order valence-electron chi connectivity index (χ2n) is 4.35. The number of carbonyl (C=O) groups is 2. The van der Waals surface area contributed by atoms with Crippen molar-refractivity contribution in [2.45, 2.75) is 17.9 Å². The van der Waals surface area contributed by atoms with E-state index >= 15 is 0 Å². The molecule has 0 saturated heterocycles. The summed E-state index contributed by atoms with van der Waals surface area (Å²) in [6.45, 7) is 2.96. The number of benzene rings is 1. The maximum absolute atomic E-state index is 9.55. The van der Waals surface area contributed by atoms with Gasteiger partial charge in [-0.3, -0.25) is 0 Å². The topological polar surface area (TPSA) is 107 Å². The van der Waals surface area contributed by atoms with Crippen LogP contribution in [0.15, 0.2) is 41.3 Å². The van der Waals surface area contributed by atoms with E-state index in [1.165, 1.54) is 4.90 Å². The number of halogens is 1. The van der Waals surface area contributed by atoms with Gasteiger partial charge in [-0.15, -0.1) is 11.8 Å². The molecule has 1 aromatic carbocycles. The van der Waals surface area contributed by atoms with Gasteiger partial charge in [-0.1, -0.05) is 11.6 Å². The first-order chi connectivity index (χ1) is 10.8. The Morgan fingerprint density at radius 2 is 1.74 bits per heavy atom. The lowest BCUT2D eigenvalue weighted by Gasteiger charge is -2.12. The van der Waals surface area contributed by atoms with Gasteiger partial charge in [0, 0.05) is 40.4 Å². The Balaban J connectivity index is 0.000000515. The van der Waals surface area contributed by atoms with E-state index in [1.54, 1.807) is 11.8 Å². The van der Waals surface area contributed by atoms with Gasteiger partial charge in [0.05, 0.1) is 6.61 Å². The molecule has 6 nitrogen and oxygen atoms in total. The van der Waals surface area contributed by atoms with E-state index < -0.39 is 11.9 Å². The number of hydrogen-bond acceptors (Lipinski definition) is 5.